The summed E-state index contributed by atoms with van der Waals surface area (Å²) in [5.41, 5.74) is 0.578. The van der Waals surface area contributed by atoms with Gasteiger partial charge >= 0.3 is 0 Å². The lowest BCUT2D eigenvalue weighted by atomic mass is 10.2. The van der Waals surface area contributed by atoms with Crippen LogP contribution in [0.1, 0.15) is 12.5 Å². The van der Waals surface area contributed by atoms with E-state index in [0.717, 1.165) is 31.0 Å². The second-order valence-corrected chi connectivity index (χ2v) is 9.27. The van der Waals surface area contributed by atoms with Crippen molar-refractivity contribution < 1.29 is 9.18 Å². The lowest BCUT2D eigenvalue weighted by molar-refractivity contribution is -0.126. The van der Waals surface area contributed by atoms with Crippen molar-refractivity contribution in [2.75, 3.05) is 32.7 Å². The number of carbonyl (C=O) groups is 1. The van der Waals surface area contributed by atoms with E-state index in [2.05, 4.69) is 11.8 Å². The summed E-state index contributed by atoms with van der Waals surface area (Å²) in [5, 5.41) is 10.5. The third-order valence-electron chi connectivity index (χ3n) is 5.70. The maximum atomic E-state index is 13.6. The Hall–Kier alpha value is -3.25. The summed E-state index contributed by atoms with van der Waals surface area (Å²) in [4.78, 5) is 30.6. The number of thiazole rings is 1. The maximum absolute atomic E-state index is 13.6. The van der Waals surface area contributed by atoms with E-state index >= 15 is 0 Å². The molecule has 4 rings (SSSR count). The number of rotatable bonds is 4. The SMILES string of the molecule is CCN1CCN(C(=O)C(C#N)=c2sc(=Cc3cccc(Cl)c3)c(=O)n2-c2ccc(F)cc2)CC1. The zero-order valence-corrected chi connectivity index (χ0v) is 20.1. The van der Waals surface area contributed by atoms with Gasteiger partial charge in [0.2, 0.25) is 0 Å². The summed E-state index contributed by atoms with van der Waals surface area (Å²) in [5.74, 6) is -0.863. The number of hydrogen-bond acceptors (Lipinski definition) is 5. The van der Waals surface area contributed by atoms with Crippen LogP contribution in [0.25, 0.3) is 17.3 Å². The molecule has 1 fully saturated rings. The monoisotopic (exact) mass is 496 g/mol. The molecule has 0 aliphatic carbocycles. The molecule has 2 aromatic carbocycles. The van der Waals surface area contributed by atoms with Crippen LogP contribution in [0.2, 0.25) is 5.02 Å². The molecule has 174 valence electrons. The van der Waals surface area contributed by atoms with Gasteiger partial charge in [0.05, 0.1) is 10.2 Å². The van der Waals surface area contributed by atoms with Gasteiger partial charge in [-0.15, -0.1) is 11.3 Å². The summed E-state index contributed by atoms with van der Waals surface area (Å²) in [6.45, 7) is 5.43. The molecule has 0 unspecified atom stereocenters. The molecule has 0 atom stereocenters. The minimum Gasteiger partial charge on any atom is -0.335 e. The van der Waals surface area contributed by atoms with E-state index in [1.165, 1.54) is 28.8 Å². The summed E-state index contributed by atoms with van der Waals surface area (Å²) >= 11 is 7.14. The van der Waals surface area contributed by atoms with E-state index in [-0.39, 0.29) is 10.2 Å². The molecule has 9 heteroatoms. The van der Waals surface area contributed by atoms with Crippen molar-refractivity contribution in [1.29, 1.82) is 5.26 Å². The summed E-state index contributed by atoms with van der Waals surface area (Å²) in [7, 11) is 0. The van der Waals surface area contributed by atoms with Gasteiger partial charge in [-0.2, -0.15) is 5.26 Å². The highest BCUT2D eigenvalue weighted by molar-refractivity contribution is 7.07. The van der Waals surface area contributed by atoms with Crippen molar-refractivity contribution in [3.63, 3.8) is 0 Å². The molecule has 1 saturated heterocycles. The van der Waals surface area contributed by atoms with Gasteiger partial charge in [-0.05, 0) is 54.6 Å². The normalized spacial score (nSPS) is 15.8. The summed E-state index contributed by atoms with van der Waals surface area (Å²) < 4.78 is 15.4. The molecule has 1 aliphatic heterocycles. The van der Waals surface area contributed by atoms with Crippen molar-refractivity contribution >= 4 is 40.5 Å². The predicted octanol–water partition coefficient (Wildman–Crippen LogP) is 2.36. The van der Waals surface area contributed by atoms with E-state index in [9.17, 15) is 19.2 Å². The van der Waals surface area contributed by atoms with Crippen LogP contribution in [0.5, 0.6) is 0 Å². The Balaban J connectivity index is 1.92. The van der Waals surface area contributed by atoms with Crippen LogP contribution in [-0.2, 0) is 4.79 Å². The Morgan fingerprint density at radius 3 is 2.50 bits per heavy atom. The van der Waals surface area contributed by atoms with Crippen LogP contribution in [0.4, 0.5) is 4.39 Å². The number of nitrogens with zero attached hydrogens (tertiary/aromatic N) is 4. The van der Waals surface area contributed by atoms with Crippen molar-refractivity contribution in [3.8, 4) is 11.8 Å². The Morgan fingerprint density at radius 1 is 1.18 bits per heavy atom. The van der Waals surface area contributed by atoms with Crippen molar-refractivity contribution in [1.82, 2.24) is 14.4 Å². The van der Waals surface area contributed by atoms with E-state index < -0.39 is 17.3 Å². The van der Waals surface area contributed by atoms with Gasteiger partial charge in [0, 0.05) is 31.2 Å². The zero-order chi connectivity index (χ0) is 24.2. The molecule has 1 amide bonds. The first-order chi connectivity index (χ1) is 16.4. The average molecular weight is 497 g/mol. The van der Waals surface area contributed by atoms with Gasteiger partial charge in [0.15, 0.2) is 5.57 Å². The quantitative estimate of drug-likeness (QED) is 0.556. The molecule has 3 aromatic rings. The van der Waals surface area contributed by atoms with Crippen LogP contribution >= 0.6 is 22.9 Å². The summed E-state index contributed by atoms with van der Waals surface area (Å²) in [6.07, 6.45) is 1.67. The first kappa shape index (κ1) is 23.9. The van der Waals surface area contributed by atoms with Crippen LogP contribution < -0.4 is 14.8 Å². The first-order valence-corrected chi connectivity index (χ1v) is 12.0. The molecular weight excluding hydrogens is 475 g/mol. The third kappa shape index (κ3) is 4.97. The Bertz CT molecular complexity index is 1430. The number of halogens is 2. The number of piperazine rings is 1. The minimum absolute atomic E-state index is 0.109. The van der Waals surface area contributed by atoms with Crippen LogP contribution in [0.15, 0.2) is 53.3 Å². The molecular formula is C25H22ClFN4O2S. The number of likely N-dealkylation sites (N-methyl/N-ethyl adjacent to an activating group) is 1. The average Bonchev–Trinajstić information content (AvgIpc) is 3.15. The van der Waals surface area contributed by atoms with Gasteiger partial charge < -0.3 is 9.80 Å². The highest BCUT2D eigenvalue weighted by Crippen LogP contribution is 2.12. The molecule has 2 heterocycles. The second kappa shape index (κ2) is 10.3. The molecule has 1 aromatic heterocycles. The van der Waals surface area contributed by atoms with E-state index in [0.29, 0.717) is 33.9 Å². The Labute approximate surface area is 205 Å². The highest BCUT2D eigenvalue weighted by atomic mass is 35.5. The molecule has 34 heavy (non-hydrogen) atoms. The highest BCUT2D eigenvalue weighted by Gasteiger charge is 2.25. The number of nitriles is 1. The molecule has 0 spiro atoms. The molecule has 0 radical (unpaired) electrons. The lowest BCUT2D eigenvalue weighted by Gasteiger charge is -2.33. The molecule has 1 aliphatic rings. The number of hydrogen-bond donors (Lipinski definition) is 0. The van der Waals surface area contributed by atoms with Crippen LogP contribution in [0, 0.1) is 17.1 Å². The smallest absolute Gasteiger partial charge is 0.273 e. The molecule has 6 nitrogen and oxygen atoms in total. The van der Waals surface area contributed by atoms with Gasteiger partial charge in [-0.1, -0.05) is 30.7 Å². The Kier molecular flexibility index (Phi) is 7.27. The lowest BCUT2D eigenvalue weighted by Crippen LogP contribution is -2.49. The minimum atomic E-state index is -0.450. The number of amides is 1. The van der Waals surface area contributed by atoms with E-state index in [1.807, 2.05) is 6.07 Å². The third-order valence-corrected chi connectivity index (χ3v) is 7.03. The maximum Gasteiger partial charge on any atom is 0.273 e. The zero-order valence-electron chi connectivity index (χ0n) is 18.5. The van der Waals surface area contributed by atoms with Gasteiger partial charge in [0.25, 0.3) is 11.5 Å². The van der Waals surface area contributed by atoms with Crippen LogP contribution in [0.3, 0.4) is 0 Å². The topological polar surface area (TPSA) is 69.3 Å². The van der Waals surface area contributed by atoms with Crippen molar-refractivity contribution in [2.24, 2.45) is 0 Å². The Morgan fingerprint density at radius 2 is 1.88 bits per heavy atom. The molecule has 0 N–H and O–H groups in total. The van der Waals surface area contributed by atoms with Gasteiger partial charge in [-0.25, -0.2) is 4.39 Å². The van der Waals surface area contributed by atoms with E-state index in [1.54, 1.807) is 35.2 Å². The fourth-order valence-electron chi connectivity index (χ4n) is 3.83. The standard InChI is InChI=1S/C25H22ClFN4O2S/c1-2-29-10-12-30(13-11-29)23(32)21(16-28)25-31(20-8-6-19(27)7-9-20)24(33)22(34-25)15-17-4-3-5-18(26)14-17/h3-9,14-15H,2,10-13H2,1H3. The van der Waals surface area contributed by atoms with Crippen molar-refractivity contribution in [3.05, 3.63) is 84.5 Å². The second-order valence-electron chi connectivity index (χ2n) is 7.80. The van der Waals surface area contributed by atoms with Crippen LogP contribution in [-0.4, -0.2) is 53.0 Å². The molecule has 0 saturated carbocycles. The summed E-state index contributed by atoms with van der Waals surface area (Å²) in [6, 6.07) is 14.4. The number of benzene rings is 2. The van der Waals surface area contributed by atoms with Crippen molar-refractivity contribution in [2.45, 2.75) is 6.92 Å². The first-order valence-electron chi connectivity index (χ1n) is 10.8. The fourth-order valence-corrected chi connectivity index (χ4v) is 5.13. The van der Waals surface area contributed by atoms with Gasteiger partial charge in [0.1, 0.15) is 16.5 Å². The van der Waals surface area contributed by atoms with E-state index in [4.69, 9.17) is 11.6 Å². The number of carbonyl (C=O) groups excluding carboxylic acids is 1. The van der Waals surface area contributed by atoms with Gasteiger partial charge in [-0.3, -0.25) is 14.2 Å². The fraction of sp³-hybridized carbons (Fsp3) is 0.240. The number of aromatic nitrogens is 1. The molecule has 0 bridgehead atoms. The largest absolute Gasteiger partial charge is 0.335 e. The predicted molar refractivity (Wildman–Crippen MR) is 132 cm³/mol.